The summed E-state index contributed by atoms with van der Waals surface area (Å²) in [4.78, 5) is 9.57. The quantitative estimate of drug-likeness (QED) is 0.461. The van der Waals surface area contributed by atoms with E-state index in [0.29, 0.717) is 5.95 Å². The van der Waals surface area contributed by atoms with Crippen LogP contribution in [0.3, 0.4) is 0 Å². The molecule has 1 saturated heterocycles. The van der Waals surface area contributed by atoms with Gasteiger partial charge in [0.25, 0.3) is 0 Å². The van der Waals surface area contributed by atoms with Gasteiger partial charge in [-0.3, -0.25) is 4.68 Å². The van der Waals surface area contributed by atoms with Crippen LogP contribution >= 0.6 is 0 Å². The fourth-order valence-electron chi connectivity index (χ4n) is 4.84. The summed E-state index contributed by atoms with van der Waals surface area (Å²) >= 11 is 0. The van der Waals surface area contributed by atoms with Crippen molar-refractivity contribution in [2.45, 2.75) is 32.7 Å². The Kier molecular flexibility index (Phi) is 6.00. The molecule has 33 heavy (non-hydrogen) atoms. The predicted octanol–water partition coefficient (Wildman–Crippen LogP) is 4.18. The smallest absolute Gasteiger partial charge is 0.245 e. The van der Waals surface area contributed by atoms with Crippen LogP contribution in [0.5, 0.6) is 0 Å². The molecule has 0 saturated carbocycles. The van der Waals surface area contributed by atoms with Crippen molar-refractivity contribution in [3.63, 3.8) is 0 Å². The lowest BCUT2D eigenvalue weighted by Crippen LogP contribution is -2.44. The number of nitrogens with zero attached hydrogens (tertiary/aromatic N) is 7. The van der Waals surface area contributed by atoms with Crippen LogP contribution < -0.4 is 10.2 Å². The molecule has 0 atom stereocenters. The zero-order valence-corrected chi connectivity index (χ0v) is 19.6. The van der Waals surface area contributed by atoms with Crippen LogP contribution in [-0.4, -0.2) is 61.5 Å². The van der Waals surface area contributed by atoms with E-state index in [4.69, 9.17) is 5.10 Å². The van der Waals surface area contributed by atoms with Gasteiger partial charge in [-0.2, -0.15) is 5.10 Å². The van der Waals surface area contributed by atoms with Gasteiger partial charge in [0.15, 0.2) is 0 Å². The van der Waals surface area contributed by atoms with Crippen molar-refractivity contribution in [3.05, 3.63) is 55.0 Å². The molecule has 0 aliphatic carbocycles. The first kappa shape index (κ1) is 21.5. The van der Waals surface area contributed by atoms with Crippen molar-refractivity contribution < 1.29 is 0 Å². The van der Waals surface area contributed by atoms with E-state index in [2.05, 4.69) is 63.3 Å². The third-order valence-corrected chi connectivity index (χ3v) is 6.68. The Labute approximate surface area is 194 Å². The number of piperidine rings is 1. The Morgan fingerprint density at radius 2 is 1.76 bits per heavy atom. The second kappa shape index (κ2) is 9.23. The second-order valence-corrected chi connectivity index (χ2v) is 8.65. The molecular weight excluding hydrogens is 412 g/mol. The lowest BCUT2D eigenvalue weighted by atomic mass is 10.0. The van der Waals surface area contributed by atoms with Crippen molar-refractivity contribution >= 4 is 22.8 Å². The van der Waals surface area contributed by atoms with Crippen LogP contribution in [0.4, 0.5) is 17.3 Å². The van der Waals surface area contributed by atoms with Crippen LogP contribution in [0.15, 0.2) is 55.0 Å². The highest BCUT2D eigenvalue weighted by Gasteiger charge is 2.23. The van der Waals surface area contributed by atoms with Gasteiger partial charge in [-0.15, -0.1) is 5.10 Å². The predicted molar refractivity (Wildman–Crippen MR) is 133 cm³/mol. The molecule has 3 aromatic heterocycles. The van der Waals surface area contributed by atoms with Crippen molar-refractivity contribution in [2.75, 3.05) is 36.4 Å². The summed E-state index contributed by atoms with van der Waals surface area (Å²) in [7, 11) is 1.91. The molecule has 0 unspecified atom stereocenters. The number of hydrogen-bond donors (Lipinski definition) is 1. The molecule has 1 N–H and O–H groups in total. The first-order chi connectivity index (χ1) is 16.1. The summed E-state index contributed by atoms with van der Waals surface area (Å²) in [6.07, 6.45) is 8.13. The van der Waals surface area contributed by atoms with E-state index in [9.17, 15) is 0 Å². The van der Waals surface area contributed by atoms with E-state index >= 15 is 0 Å². The van der Waals surface area contributed by atoms with Crippen LogP contribution in [-0.2, 0) is 7.05 Å². The number of anilines is 3. The highest BCUT2D eigenvalue weighted by molar-refractivity contribution is 5.66. The van der Waals surface area contributed by atoms with Gasteiger partial charge in [-0.1, -0.05) is 13.8 Å². The van der Waals surface area contributed by atoms with Crippen molar-refractivity contribution in [1.82, 2.24) is 29.3 Å². The first-order valence-corrected chi connectivity index (χ1v) is 11.8. The second-order valence-electron chi connectivity index (χ2n) is 8.65. The normalized spacial score (nSPS) is 15.0. The van der Waals surface area contributed by atoms with Crippen LogP contribution in [0, 0.1) is 0 Å². The molecule has 1 fully saturated rings. The number of benzene rings is 1. The van der Waals surface area contributed by atoms with Gasteiger partial charge in [-0.25, -0.2) is 9.50 Å². The van der Waals surface area contributed by atoms with Gasteiger partial charge in [0.1, 0.15) is 0 Å². The van der Waals surface area contributed by atoms with Gasteiger partial charge in [0, 0.05) is 49.3 Å². The maximum atomic E-state index is 4.71. The van der Waals surface area contributed by atoms with Gasteiger partial charge in [-0.05, 0) is 62.3 Å². The molecule has 0 amide bonds. The van der Waals surface area contributed by atoms with E-state index in [-0.39, 0.29) is 0 Å². The van der Waals surface area contributed by atoms with Crippen LogP contribution in [0.1, 0.15) is 26.7 Å². The Balaban J connectivity index is 1.27. The summed E-state index contributed by atoms with van der Waals surface area (Å²) in [6.45, 7) is 9.03. The Morgan fingerprint density at radius 1 is 1.00 bits per heavy atom. The summed E-state index contributed by atoms with van der Waals surface area (Å²) in [5.41, 5.74) is 5.22. The SMILES string of the molecule is CCN(CC)C1CCN(c2ccc(Nc3ncc4ccc(-c5cnn(C)c5)n4n3)cc2)CC1. The molecular formula is C25H32N8. The molecule has 0 bridgehead atoms. The van der Waals surface area contributed by atoms with Crippen molar-refractivity contribution in [2.24, 2.45) is 7.05 Å². The Morgan fingerprint density at radius 3 is 2.42 bits per heavy atom. The zero-order valence-electron chi connectivity index (χ0n) is 19.6. The first-order valence-electron chi connectivity index (χ1n) is 11.8. The topological polar surface area (TPSA) is 66.5 Å². The average molecular weight is 445 g/mol. The minimum Gasteiger partial charge on any atom is -0.371 e. The van der Waals surface area contributed by atoms with Crippen LogP contribution in [0.25, 0.3) is 16.8 Å². The molecule has 0 radical (unpaired) electrons. The lowest BCUT2D eigenvalue weighted by Gasteiger charge is -2.38. The van der Waals surface area contributed by atoms with Gasteiger partial charge in [0.2, 0.25) is 5.95 Å². The van der Waals surface area contributed by atoms with E-state index in [1.54, 1.807) is 4.68 Å². The van der Waals surface area contributed by atoms with E-state index < -0.39 is 0 Å². The Bertz CT molecular complexity index is 1200. The molecule has 172 valence electrons. The third kappa shape index (κ3) is 4.43. The van der Waals surface area contributed by atoms with Gasteiger partial charge < -0.3 is 15.1 Å². The maximum absolute atomic E-state index is 4.71. The molecule has 1 aliphatic heterocycles. The van der Waals surface area contributed by atoms with E-state index in [1.165, 1.54) is 18.5 Å². The zero-order chi connectivity index (χ0) is 22.8. The highest BCUT2D eigenvalue weighted by Crippen LogP contribution is 2.26. The lowest BCUT2D eigenvalue weighted by molar-refractivity contribution is 0.186. The van der Waals surface area contributed by atoms with E-state index in [0.717, 1.165) is 54.7 Å². The summed E-state index contributed by atoms with van der Waals surface area (Å²) in [5, 5.41) is 12.3. The Hall–Kier alpha value is -3.39. The van der Waals surface area contributed by atoms with Gasteiger partial charge in [0.05, 0.1) is 23.6 Å². The molecule has 8 nitrogen and oxygen atoms in total. The average Bonchev–Trinajstić information content (AvgIpc) is 3.46. The molecule has 4 heterocycles. The number of aryl methyl sites for hydroxylation is 1. The monoisotopic (exact) mass is 444 g/mol. The standard InChI is InChI=1S/C25H32N8/c1-4-31(5-2)22-12-14-32(15-13-22)21-8-6-20(7-9-21)28-25-26-17-23-10-11-24(33(23)29-25)19-16-27-30(3)18-19/h6-11,16-18,22H,4-5,12-15H2,1-3H3,(H,28,29). The number of hydrogen-bond acceptors (Lipinski definition) is 6. The van der Waals surface area contributed by atoms with Crippen molar-refractivity contribution in [3.8, 4) is 11.3 Å². The molecule has 1 aliphatic rings. The molecule has 8 heteroatoms. The van der Waals surface area contributed by atoms with Crippen molar-refractivity contribution in [1.29, 1.82) is 0 Å². The minimum absolute atomic E-state index is 0.566. The summed E-state index contributed by atoms with van der Waals surface area (Å²) in [6, 6.07) is 13.4. The fourth-order valence-corrected chi connectivity index (χ4v) is 4.84. The fraction of sp³-hybridized carbons (Fsp3) is 0.400. The highest BCUT2D eigenvalue weighted by atomic mass is 15.3. The largest absolute Gasteiger partial charge is 0.371 e. The summed E-state index contributed by atoms with van der Waals surface area (Å²) in [5.74, 6) is 0.566. The van der Waals surface area contributed by atoms with E-state index in [1.807, 2.05) is 42.3 Å². The summed E-state index contributed by atoms with van der Waals surface area (Å²) < 4.78 is 3.70. The maximum Gasteiger partial charge on any atom is 0.245 e. The minimum atomic E-state index is 0.566. The third-order valence-electron chi connectivity index (χ3n) is 6.68. The number of rotatable bonds is 7. The van der Waals surface area contributed by atoms with Gasteiger partial charge >= 0.3 is 0 Å². The molecule has 5 rings (SSSR count). The number of aromatic nitrogens is 5. The molecule has 0 spiro atoms. The number of nitrogens with one attached hydrogen (secondary N) is 1. The van der Waals surface area contributed by atoms with Crippen LogP contribution in [0.2, 0.25) is 0 Å². The molecule has 4 aromatic rings. The molecule has 1 aromatic carbocycles. The number of fused-ring (bicyclic) bond motifs is 1.